The summed E-state index contributed by atoms with van der Waals surface area (Å²) in [5.74, 6) is 0.337. The number of benzene rings is 1. The number of methoxy groups -OCH3 is 1. The van der Waals surface area contributed by atoms with Crippen molar-refractivity contribution >= 4 is 0 Å². The van der Waals surface area contributed by atoms with Gasteiger partial charge in [-0.25, -0.2) is 4.39 Å². The summed E-state index contributed by atoms with van der Waals surface area (Å²) in [5, 5.41) is 13.3. The molecule has 0 aliphatic rings. The molecule has 4 nitrogen and oxygen atoms in total. The molecule has 2 aromatic rings. The quantitative estimate of drug-likeness (QED) is 0.858. The van der Waals surface area contributed by atoms with Gasteiger partial charge in [-0.2, -0.15) is 0 Å². The first kappa shape index (κ1) is 15.4. The zero-order chi connectivity index (χ0) is 15.2. The minimum atomic E-state index is -0.663. The van der Waals surface area contributed by atoms with Gasteiger partial charge in [0.2, 0.25) is 0 Å². The second-order valence-electron chi connectivity index (χ2n) is 4.86. The number of nitrogens with zero attached hydrogens (tertiary/aromatic N) is 1. The molecule has 5 heteroatoms. The summed E-state index contributed by atoms with van der Waals surface area (Å²) < 4.78 is 18.3. The second kappa shape index (κ2) is 7.15. The molecule has 0 bridgehead atoms. The summed E-state index contributed by atoms with van der Waals surface area (Å²) in [7, 11) is 1.59. The van der Waals surface area contributed by atoms with Gasteiger partial charge in [0, 0.05) is 18.8 Å². The van der Waals surface area contributed by atoms with Gasteiger partial charge < -0.3 is 15.2 Å². The third-order valence-corrected chi connectivity index (χ3v) is 3.32. The minimum absolute atomic E-state index is 0.103. The van der Waals surface area contributed by atoms with Gasteiger partial charge in [0.05, 0.1) is 19.4 Å². The van der Waals surface area contributed by atoms with Gasteiger partial charge >= 0.3 is 0 Å². The molecule has 21 heavy (non-hydrogen) atoms. The summed E-state index contributed by atoms with van der Waals surface area (Å²) in [4.78, 5) is 3.82. The molecule has 1 aromatic heterocycles. The molecule has 1 aromatic carbocycles. The van der Waals surface area contributed by atoms with Crippen molar-refractivity contribution in [1.29, 1.82) is 0 Å². The number of halogens is 1. The van der Waals surface area contributed by atoms with Crippen LogP contribution < -0.4 is 10.1 Å². The van der Waals surface area contributed by atoms with Crippen LogP contribution in [0.2, 0.25) is 0 Å². The van der Waals surface area contributed by atoms with Crippen molar-refractivity contribution < 1.29 is 14.2 Å². The number of aliphatic hydroxyl groups is 1. The van der Waals surface area contributed by atoms with Crippen LogP contribution in [-0.2, 0) is 0 Å². The lowest BCUT2D eigenvalue weighted by Gasteiger charge is -2.18. The van der Waals surface area contributed by atoms with Crippen molar-refractivity contribution in [2.75, 3.05) is 13.7 Å². The average Bonchev–Trinajstić information content (AvgIpc) is 2.52. The van der Waals surface area contributed by atoms with Crippen LogP contribution in [-0.4, -0.2) is 23.7 Å². The number of hydrogen-bond donors (Lipinski definition) is 2. The van der Waals surface area contributed by atoms with Crippen molar-refractivity contribution in [2.24, 2.45) is 0 Å². The van der Waals surface area contributed by atoms with Crippen molar-refractivity contribution in [2.45, 2.75) is 19.1 Å². The van der Waals surface area contributed by atoms with Crippen molar-refractivity contribution in [3.05, 3.63) is 59.7 Å². The molecule has 0 aliphatic carbocycles. The molecule has 2 N–H and O–H groups in total. The molecule has 1 heterocycles. The van der Waals surface area contributed by atoms with Crippen LogP contribution in [0.3, 0.4) is 0 Å². The van der Waals surface area contributed by atoms with Crippen LogP contribution in [0.4, 0.5) is 4.39 Å². The third-order valence-electron chi connectivity index (χ3n) is 3.32. The molecule has 2 atom stereocenters. The first-order valence-electron chi connectivity index (χ1n) is 6.76. The molecule has 0 saturated heterocycles. The maximum atomic E-state index is 13.1. The van der Waals surface area contributed by atoms with E-state index in [4.69, 9.17) is 4.74 Å². The molecule has 2 unspecified atom stereocenters. The Bertz CT molecular complexity index is 592. The highest BCUT2D eigenvalue weighted by Gasteiger charge is 2.12. The maximum Gasteiger partial charge on any atom is 0.141 e. The SMILES string of the molecule is COc1cccc(C(O)CNC(C)c2cncc(F)c2)c1. The van der Waals surface area contributed by atoms with Gasteiger partial charge in [0.1, 0.15) is 11.6 Å². The van der Waals surface area contributed by atoms with E-state index in [9.17, 15) is 9.50 Å². The highest BCUT2D eigenvalue weighted by molar-refractivity contribution is 5.30. The summed E-state index contributed by atoms with van der Waals surface area (Å²) in [6, 6.07) is 8.61. The number of nitrogens with one attached hydrogen (secondary N) is 1. The smallest absolute Gasteiger partial charge is 0.141 e. The maximum absolute atomic E-state index is 13.1. The van der Waals surface area contributed by atoms with Crippen molar-refractivity contribution in [1.82, 2.24) is 10.3 Å². The van der Waals surface area contributed by atoms with E-state index in [1.54, 1.807) is 19.4 Å². The summed E-state index contributed by atoms with van der Waals surface area (Å²) in [5.41, 5.74) is 1.51. The Labute approximate surface area is 123 Å². The highest BCUT2D eigenvalue weighted by atomic mass is 19.1. The van der Waals surface area contributed by atoms with E-state index in [1.807, 2.05) is 25.1 Å². The Morgan fingerprint density at radius 3 is 2.81 bits per heavy atom. The van der Waals surface area contributed by atoms with Gasteiger partial charge in [-0.1, -0.05) is 12.1 Å². The van der Waals surface area contributed by atoms with E-state index >= 15 is 0 Å². The number of ether oxygens (including phenoxy) is 1. The van der Waals surface area contributed by atoms with Gasteiger partial charge in [0.25, 0.3) is 0 Å². The Morgan fingerprint density at radius 1 is 1.29 bits per heavy atom. The summed E-state index contributed by atoms with van der Waals surface area (Å²) in [6.45, 7) is 2.25. The third kappa shape index (κ3) is 4.24. The van der Waals surface area contributed by atoms with Gasteiger partial charge in [-0.3, -0.25) is 4.98 Å². The molecule has 0 aliphatic heterocycles. The fourth-order valence-corrected chi connectivity index (χ4v) is 2.04. The van der Waals surface area contributed by atoms with Crippen LogP contribution in [0.1, 0.15) is 30.2 Å². The monoisotopic (exact) mass is 290 g/mol. The van der Waals surface area contributed by atoms with Crippen LogP contribution in [0.5, 0.6) is 5.75 Å². The molecule has 2 rings (SSSR count). The van der Waals surface area contributed by atoms with E-state index in [1.165, 1.54) is 12.3 Å². The Hall–Kier alpha value is -1.98. The van der Waals surface area contributed by atoms with E-state index in [-0.39, 0.29) is 11.9 Å². The Morgan fingerprint density at radius 2 is 2.10 bits per heavy atom. The molecule has 0 amide bonds. The topological polar surface area (TPSA) is 54.4 Å². The zero-order valence-corrected chi connectivity index (χ0v) is 12.1. The molecule has 112 valence electrons. The molecular weight excluding hydrogens is 271 g/mol. The van der Waals surface area contributed by atoms with Gasteiger partial charge in [0.15, 0.2) is 0 Å². The van der Waals surface area contributed by atoms with Crippen LogP contribution in [0, 0.1) is 5.82 Å². The Balaban J connectivity index is 1.95. The lowest BCUT2D eigenvalue weighted by atomic mass is 10.1. The first-order chi connectivity index (χ1) is 10.1. The van der Waals surface area contributed by atoms with Crippen LogP contribution in [0.25, 0.3) is 0 Å². The van der Waals surface area contributed by atoms with E-state index in [0.717, 1.165) is 11.1 Å². The highest BCUT2D eigenvalue weighted by Crippen LogP contribution is 2.19. The zero-order valence-electron chi connectivity index (χ0n) is 12.1. The number of rotatable bonds is 6. The fourth-order valence-electron chi connectivity index (χ4n) is 2.04. The van der Waals surface area contributed by atoms with E-state index in [2.05, 4.69) is 10.3 Å². The molecule has 0 fully saturated rings. The Kier molecular flexibility index (Phi) is 5.25. The average molecular weight is 290 g/mol. The minimum Gasteiger partial charge on any atom is -0.497 e. The predicted octanol–water partition coefficient (Wildman–Crippen LogP) is 2.61. The fraction of sp³-hybridized carbons (Fsp3) is 0.312. The summed E-state index contributed by atoms with van der Waals surface area (Å²) >= 11 is 0. The second-order valence-corrected chi connectivity index (χ2v) is 4.86. The lowest BCUT2D eigenvalue weighted by molar-refractivity contribution is 0.170. The number of aromatic nitrogens is 1. The van der Waals surface area contributed by atoms with Gasteiger partial charge in [-0.15, -0.1) is 0 Å². The van der Waals surface area contributed by atoms with Crippen molar-refractivity contribution in [3.8, 4) is 5.75 Å². The molecule has 0 radical (unpaired) electrons. The predicted molar refractivity (Wildman–Crippen MR) is 78.6 cm³/mol. The van der Waals surface area contributed by atoms with E-state index in [0.29, 0.717) is 12.3 Å². The molecular formula is C16H19FN2O2. The number of aliphatic hydroxyl groups excluding tert-OH is 1. The number of pyridine rings is 1. The van der Waals surface area contributed by atoms with E-state index < -0.39 is 6.10 Å². The number of hydrogen-bond acceptors (Lipinski definition) is 4. The van der Waals surface area contributed by atoms with Crippen molar-refractivity contribution in [3.63, 3.8) is 0 Å². The van der Waals surface area contributed by atoms with Gasteiger partial charge in [-0.05, 0) is 36.2 Å². The lowest BCUT2D eigenvalue weighted by Crippen LogP contribution is -2.24. The van der Waals surface area contributed by atoms with Crippen LogP contribution >= 0.6 is 0 Å². The largest absolute Gasteiger partial charge is 0.497 e. The normalized spacial score (nSPS) is 13.7. The standard InChI is InChI=1S/C16H19FN2O2/c1-11(13-6-14(17)9-18-8-13)19-10-16(20)12-4-3-5-15(7-12)21-2/h3-9,11,16,19-20H,10H2,1-2H3. The first-order valence-corrected chi connectivity index (χ1v) is 6.76. The molecule has 0 saturated carbocycles. The van der Waals surface area contributed by atoms with Crippen LogP contribution in [0.15, 0.2) is 42.7 Å². The molecule has 0 spiro atoms. The summed E-state index contributed by atoms with van der Waals surface area (Å²) in [6.07, 6.45) is 2.11.